The van der Waals surface area contributed by atoms with Crippen molar-refractivity contribution in [3.63, 3.8) is 0 Å². The van der Waals surface area contributed by atoms with Gasteiger partial charge in [0.1, 0.15) is 12.3 Å². The molecule has 0 spiro atoms. The van der Waals surface area contributed by atoms with Crippen LogP contribution in [0.15, 0.2) is 23.8 Å². The average molecular weight is 307 g/mol. The van der Waals surface area contributed by atoms with Crippen molar-refractivity contribution in [2.75, 3.05) is 12.3 Å². The van der Waals surface area contributed by atoms with Gasteiger partial charge in [0, 0.05) is 13.0 Å². The van der Waals surface area contributed by atoms with Gasteiger partial charge in [0.05, 0.1) is 19.0 Å². The molecule has 0 amide bonds. The van der Waals surface area contributed by atoms with Crippen molar-refractivity contribution in [2.24, 2.45) is 0 Å². The lowest BCUT2D eigenvalue weighted by molar-refractivity contribution is -0.0433. The van der Waals surface area contributed by atoms with Crippen LogP contribution >= 0.6 is 0 Å². The zero-order valence-corrected chi connectivity index (χ0v) is 11.8. The number of hydrogen-bond acceptors (Lipinski definition) is 7. The maximum Gasteiger partial charge on any atom is 0.302 e. The van der Waals surface area contributed by atoms with Crippen LogP contribution < -0.4 is 11.3 Å². The minimum Gasteiger partial charge on any atom is -0.394 e. The SMILES string of the molecule is C=CCn1c(N)nc(=O)c2ncn([C@H]3CC(O)[C@@H](CO)O3)c21. The number of nitrogen functional groups attached to an aromatic ring is 1. The number of allylic oxidation sites excluding steroid dienone is 1. The van der Waals surface area contributed by atoms with Crippen molar-refractivity contribution in [1.82, 2.24) is 19.1 Å². The van der Waals surface area contributed by atoms with Gasteiger partial charge in [-0.2, -0.15) is 4.98 Å². The van der Waals surface area contributed by atoms with Crippen LogP contribution in [0.5, 0.6) is 0 Å². The Morgan fingerprint density at radius 3 is 3.00 bits per heavy atom. The predicted octanol–water partition coefficient (Wildman–Crippen LogP) is -0.998. The molecule has 3 heterocycles. The molecule has 0 bridgehead atoms. The molecule has 118 valence electrons. The molecule has 9 heteroatoms. The largest absolute Gasteiger partial charge is 0.394 e. The third-order valence-electron chi connectivity index (χ3n) is 3.72. The zero-order valence-electron chi connectivity index (χ0n) is 11.8. The maximum atomic E-state index is 11.9. The first kappa shape index (κ1) is 14.7. The van der Waals surface area contributed by atoms with E-state index >= 15 is 0 Å². The van der Waals surface area contributed by atoms with E-state index in [-0.39, 0.29) is 24.5 Å². The van der Waals surface area contributed by atoms with E-state index in [0.717, 1.165) is 0 Å². The third-order valence-corrected chi connectivity index (χ3v) is 3.72. The molecule has 0 aromatic carbocycles. The number of nitrogens with zero attached hydrogens (tertiary/aromatic N) is 4. The summed E-state index contributed by atoms with van der Waals surface area (Å²) in [5.74, 6) is 0.0522. The summed E-state index contributed by atoms with van der Waals surface area (Å²) < 4.78 is 8.83. The van der Waals surface area contributed by atoms with Crippen LogP contribution in [-0.4, -0.2) is 48.1 Å². The molecule has 2 aromatic rings. The Morgan fingerprint density at radius 2 is 2.36 bits per heavy atom. The summed E-state index contributed by atoms with van der Waals surface area (Å²) in [6.45, 7) is 3.72. The third kappa shape index (κ3) is 2.19. The van der Waals surface area contributed by atoms with Crippen LogP contribution in [0, 0.1) is 0 Å². The van der Waals surface area contributed by atoms with Crippen LogP contribution in [0.1, 0.15) is 12.6 Å². The van der Waals surface area contributed by atoms with Crippen molar-refractivity contribution >= 4 is 17.1 Å². The van der Waals surface area contributed by atoms with Gasteiger partial charge in [0.15, 0.2) is 11.2 Å². The number of hydrogen-bond donors (Lipinski definition) is 3. The molecule has 1 aliphatic rings. The number of ether oxygens (including phenoxy) is 1. The van der Waals surface area contributed by atoms with Crippen LogP contribution in [0.4, 0.5) is 5.95 Å². The topological polar surface area (TPSA) is 128 Å². The van der Waals surface area contributed by atoms with Gasteiger partial charge in [-0.15, -0.1) is 6.58 Å². The first-order valence-electron chi connectivity index (χ1n) is 6.85. The normalized spacial score (nSPS) is 24.9. The second kappa shape index (κ2) is 5.52. The number of rotatable bonds is 4. The molecule has 1 aliphatic heterocycles. The number of fused-ring (bicyclic) bond motifs is 1. The van der Waals surface area contributed by atoms with Gasteiger partial charge < -0.3 is 20.7 Å². The highest BCUT2D eigenvalue weighted by molar-refractivity contribution is 5.72. The number of aromatic nitrogens is 4. The molecule has 1 unspecified atom stereocenters. The molecule has 0 aliphatic carbocycles. The summed E-state index contributed by atoms with van der Waals surface area (Å²) in [5, 5.41) is 19.1. The molecule has 1 fully saturated rings. The molecule has 1 saturated heterocycles. The Labute approximate surface area is 125 Å². The zero-order chi connectivity index (χ0) is 15.9. The predicted molar refractivity (Wildman–Crippen MR) is 78.0 cm³/mol. The van der Waals surface area contributed by atoms with E-state index in [0.29, 0.717) is 12.2 Å². The van der Waals surface area contributed by atoms with Crippen molar-refractivity contribution in [2.45, 2.75) is 31.4 Å². The van der Waals surface area contributed by atoms with Gasteiger partial charge in [-0.1, -0.05) is 6.08 Å². The van der Waals surface area contributed by atoms with E-state index in [9.17, 15) is 15.0 Å². The number of aliphatic hydroxyl groups is 2. The quantitative estimate of drug-likeness (QED) is 0.618. The molecule has 3 rings (SSSR count). The van der Waals surface area contributed by atoms with E-state index in [1.807, 2.05) is 0 Å². The average Bonchev–Trinajstić information content (AvgIpc) is 3.07. The summed E-state index contributed by atoms with van der Waals surface area (Å²) >= 11 is 0. The first-order chi connectivity index (χ1) is 10.6. The van der Waals surface area contributed by atoms with Crippen molar-refractivity contribution in [3.05, 3.63) is 29.3 Å². The van der Waals surface area contributed by atoms with Gasteiger partial charge in [0.25, 0.3) is 0 Å². The highest BCUT2D eigenvalue weighted by Gasteiger charge is 2.35. The van der Waals surface area contributed by atoms with Gasteiger partial charge in [-0.3, -0.25) is 13.9 Å². The summed E-state index contributed by atoms with van der Waals surface area (Å²) in [4.78, 5) is 19.7. The number of nitrogens with two attached hydrogens (primary N) is 1. The molecular formula is C13H17N5O4. The number of anilines is 1. The fraction of sp³-hybridized carbons (Fsp3) is 0.462. The Morgan fingerprint density at radius 1 is 1.59 bits per heavy atom. The molecule has 3 atom stereocenters. The lowest BCUT2D eigenvalue weighted by Crippen LogP contribution is -2.24. The molecular weight excluding hydrogens is 290 g/mol. The second-order valence-corrected chi connectivity index (χ2v) is 5.11. The summed E-state index contributed by atoms with van der Waals surface area (Å²) in [5.41, 5.74) is 5.91. The van der Waals surface area contributed by atoms with Crippen molar-refractivity contribution < 1.29 is 14.9 Å². The Kier molecular flexibility index (Phi) is 3.69. The molecule has 0 saturated carbocycles. The molecule has 4 N–H and O–H groups in total. The van der Waals surface area contributed by atoms with E-state index < -0.39 is 24.0 Å². The number of aliphatic hydroxyl groups excluding tert-OH is 2. The van der Waals surface area contributed by atoms with Gasteiger partial charge >= 0.3 is 5.56 Å². The van der Waals surface area contributed by atoms with Crippen LogP contribution in [0.2, 0.25) is 0 Å². The van der Waals surface area contributed by atoms with Crippen LogP contribution in [0.3, 0.4) is 0 Å². The van der Waals surface area contributed by atoms with E-state index in [1.54, 1.807) is 15.2 Å². The van der Waals surface area contributed by atoms with Crippen molar-refractivity contribution in [3.8, 4) is 0 Å². The molecule has 2 aromatic heterocycles. The molecule has 9 nitrogen and oxygen atoms in total. The monoisotopic (exact) mass is 307 g/mol. The Bertz CT molecular complexity index is 768. The summed E-state index contributed by atoms with van der Waals surface area (Å²) in [6, 6.07) is 0. The lowest BCUT2D eigenvalue weighted by Gasteiger charge is -2.17. The van der Waals surface area contributed by atoms with E-state index in [2.05, 4.69) is 16.5 Å². The smallest absolute Gasteiger partial charge is 0.302 e. The standard InChI is InChI=1S/C13H17N5O4/c1-2-3-17-12-10(11(21)16-13(17)14)15-6-18(12)9-4-7(20)8(5-19)22-9/h2,6-9,19-20H,1,3-5H2,(H2,14,16,21)/t7?,8-,9-/m1/s1. The number of imidazole rings is 1. The highest BCUT2D eigenvalue weighted by Crippen LogP contribution is 2.30. The highest BCUT2D eigenvalue weighted by atomic mass is 16.5. The fourth-order valence-corrected chi connectivity index (χ4v) is 2.67. The maximum absolute atomic E-state index is 11.9. The minimum absolute atomic E-state index is 0.0522. The van der Waals surface area contributed by atoms with E-state index in [4.69, 9.17) is 10.5 Å². The van der Waals surface area contributed by atoms with Crippen LogP contribution in [0.25, 0.3) is 11.2 Å². The lowest BCUT2D eigenvalue weighted by atomic mass is 10.2. The molecule has 0 radical (unpaired) electrons. The summed E-state index contributed by atoms with van der Waals surface area (Å²) in [7, 11) is 0. The van der Waals surface area contributed by atoms with Crippen LogP contribution in [-0.2, 0) is 11.3 Å². The Hall–Kier alpha value is -2.23. The minimum atomic E-state index is -0.786. The van der Waals surface area contributed by atoms with Gasteiger partial charge in [-0.25, -0.2) is 4.98 Å². The second-order valence-electron chi connectivity index (χ2n) is 5.11. The summed E-state index contributed by atoms with van der Waals surface area (Å²) in [6.07, 6.45) is 1.35. The van der Waals surface area contributed by atoms with E-state index in [1.165, 1.54) is 6.33 Å². The first-order valence-corrected chi connectivity index (χ1v) is 6.85. The Balaban J connectivity index is 2.15. The van der Waals surface area contributed by atoms with Crippen molar-refractivity contribution in [1.29, 1.82) is 0 Å². The fourth-order valence-electron chi connectivity index (χ4n) is 2.67. The molecule has 22 heavy (non-hydrogen) atoms. The van der Waals surface area contributed by atoms with Gasteiger partial charge in [-0.05, 0) is 0 Å². The van der Waals surface area contributed by atoms with Gasteiger partial charge in [0.2, 0.25) is 5.95 Å².